The first-order chi connectivity index (χ1) is 9.49. The fraction of sp³-hybridized carbons (Fsp3) is 0.500. The van der Waals surface area contributed by atoms with E-state index < -0.39 is 0 Å². The Labute approximate surface area is 127 Å². The second-order valence-corrected chi connectivity index (χ2v) is 5.67. The lowest BCUT2D eigenvalue weighted by Crippen LogP contribution is -2.39. The van der Waals surface area contributed by atoms with Crippen LogP contribution < -0.4 is 5.32 Å². The van der Waals surface area contributed by atoms with Crippen molar-refractivity contribution in [3.05, 3.63) is 28.2 Å². The monoisotopic (exact) mass is 344 g/mol. The fourth-order valence-electron chi connectivity index (χ4n) is 1.88. The van der Waals surface area contributed by atoms with Gasteiger partial charge in [0.2, 0.25) is 0 Å². The number of aliphatic hydroxyl groups excluding tert-OH is 2. The van der Waals surface area contributed by atoms with Crippen molar-refractivity contribution in [2.75, 3.05) is 31.6 Å². The molecule has 0 bridgehead atoms. The van der Waals surface area contributed by atoms with Crippen LogP contribution >= 0.6 is 15.9 Å². The van der Waals surface area contributed by atoms with Crippen molar-refractivity contribution >= 4 is 27.6 Å². The van der Waals surface area contributed by atoms with Crippen molar-refractivity contribution < 1.29 is 15.0 Å². The van der Waals surface area contributed by atoms with E-state index >= 15 is 0 Å². The van der Waals surface area contributed by atoms with Gasteiger partial charge in [-0.25, -0.2) is 4.79 Å². The van der Waals surface area contributed by atoms with E-state index in [0.717, 1.165) is 15.7 Å². The highest BCUT2D eigenvalue weighted by molar-refractivity contribution is 9.10. The molecule has 3 N–H and O–H groups in total. The molecule has 0 aliphatic heterocycles. The molecule has 0 aliphatic carbocycles. The zero-order valence-electron chi connectivity index (χ0n) is 11.8. The van der Waals surface area contributed by atoms with Gasteiger partial charge in [-0.15, -0.1) is 0 Å². The summed E-state index contributed by atoms with van der Waals surface area (Å²) >= 11 is 3.42. The molecule has 0 saturated heterocycles. The number of anilines is 1. The van der Waals surface area contributed by atoms with Gasteiger partial charge in [-0.05, 0) is 29.7 Å². The largest absolute Gasteiger partial charge is 0.395 e. The summed E-state index contributed by atoms with van der Waals surface area (Å²) in [5.74, 6) is 0.270. The molecule has 112 valence electrons. The third-order valence-electron chi connectivity index (χ3n) is 2.90. The first-order valence-electron chi connectivity index (χ1n) is 6.56. The molecule has 6 heteroatoms. The van der Waals surface area contributed by atoms with Crippen molar-refractivity contribution in [3.8, 4) is 0 Å². The van der Waals surface area contributed by atoms with E-state index in [1.807, 2.05) is 18.2 Å². The lowest BCUT2D eigenvalue weighted by atomic mass is 10.0. The number of halogens is 1. The maximum atomic E-state index is 12.1. The summed E-state index contributed by atoms with van der Waals surface area (Å²) in [6.07, 6.45) is 0. The molecule has 5 nitrogen and oxygen atoms in total. The third-order valence-corrected chi connectivity index (χ3v) is 3.40. The molecule has 0 heterocycles. The summed E-state index contributed by atoms with van der Waals surface area (Å²) in [5, 5.41) is 20.7. The third kappa shape index (κ3) is 4.77. The summed E-state index contributed by atoms with van der Waals surface area (Å²) < 4.78 is 0.960. The fourth-order valence-corrected chi connectivity index (χ4v) is 2.25. The van der Waals surface area contributed by atoms with Gasteiger partial charge in [-0.1, -0.05) is 29.8 Å². The van der Waals surface area contributed by atoms with Gasteiger partial charge < -0.3 is 20.4 Å². The molecular formula is C14H21BrN2O3. The number of urea groups is 1. The van der Waals surface area contributed by atoms with E-state index in [-0.39, 0.29) is 38.3 Å². The smallest absolute Gasteiger partial charge is 0.322 e. The van der Waals surface area contributed by atoms with Crippen molar-refractivity contribution in [3.63, 3.8) is 0 Å². The topological polar surface area (TPSA) is 72.8 Å². The highest BCUT2D eigenvalue weighted by atomic mass is 79.9. The maximum Gasteiger partial charge on any atom is 0.322 e. The highest BCUT2D eigenvalue weighted by Gasteiger charge is 2.15. The predicted molar refractivity (Wildman–Crippen MR) is 83.0 cm³/mol. The molecule has 0 unspecified atom stereocenters. The molecule has 0 aromatic heterocycles. The number of rotatable bonds is 6. The average Bonchev–Trinajstić information content (AvgIpc) is 2.40. The van der Waals surface area contributed by atoms with E-state index in [0.29, 0.717) is 0 Å². The van der Waals surface area contributed by atoms with Crippen LogP contribution in [0.1, 0.15) is 25.3 Å². The molecule has 2 amide bonds. The zero-order chi connectivity index (χ0) is 15.1. The van der Waals surface area contributed by atoms with Gasteiger partial charge in [0.15, 0.2) is 0 Å². The van der Waals surface area contributed by atoms with Crippen LogP contribution in [0.2, 0.25) is 0 Å². The van der Waals surface area contributed by atoms with Gasteiger partial charge in [0.1, 0.15) is 0 Å². The van der Waals surface area contributed by atoms with Crippen LogP contribution in [-0.4, -0.2) is 47.4 Å². The Hall–Kier alpha value is -1.11. The molecule has 0 atom stereocenters. The van der Waals surface area contributed by atoms with Gasteiger partial charge in [0, 0.05) is 23.2 Å². The van der Waals surface area contributed by atoms with Crippen LogP contribution in [0.25, 0.3) is 0 Å². The second kappa shape index (κ2) is 8.24. The Morgan fingerprint density at radius 1 is 1.30 bits per heavy atom. The SMILES string of the molecule is CC(C)c1cc(Br)ccc1NC(=O)N(CCO)CCO. The van der Waals surface area contributed by atoms with Gasteiger partial charge >= 0.3 is 6.03 Å². The van der Waals surface area contributed by atoms with E-state index in [4.69, 9.17) is 10.2 Å². The van der Waals surface area contributed by atoms with E-state index in [9.17, 15) is 4.79 Å². The van der Waals surface area contributed by atoms with Crippen LogP contribution in [0.3, 0.4) is 0 Å². The number of carbonyl (C=O) groups is 1. The van der Waals surface area contributed by atoms with Gasteiger partial charge in [-0.2, -0.15) is 0 Å². The maximum absolute atomic E-state index is 12.1. The van der Waals surface area contributed by atoms with Crippen molar-refractivity contribution in [2.24, 2.45) is 0 Å². The van der Waals surface area contributed by atoms with Crippen molar-refractivity contribution in [2.45, 2.75) is 19.8 Å². The first-order valence-corrected chi connectivity index (χ1v) is 7.36. The summed E-state index contributed by atoms with van der Waals surface area (Å²) in [4.78, 5) is 13.5. The second-order valence-electron chi connectivity index (χ2n) is 4.75. The molecule has 20 heavy (non-hydrogen) atoms. The number of aliphatic hydroxyl groups is 2. The molecule has 0 radical (unpaired) electrons. The summed E-state index contributed by atoms with van der Waals surface area (Å²) in [6.45, 7) is 4.22. The van der Waals surface area contributed by atoms with E-state index in [1.54, 1.807) is 0 Å². The zero-order valence-corrected chi connectivity index (χ0v) is 13.4. The highest BCUT2D eigenvalue weighted by Crippen LogP contribution is 2.27. The van der Waals surface area contributed by atoms with Gasteiger partial charge in [0.25, 0.3) is 0 Å². The Balaban J connectivity index is 2.88. The van der Waals surface area contributed by atoms with Crippen LogP contribution in [0.15, 0.2) is 22.7 Å². The van der Waals surface area contributed by atoms with E-state index in [1.165, 1.54) is 4.90 Å². The van der Waals surface area contributed by atoms with Crippen LogP contribution in [0.4, 0.5) is 10.5 Å². The number of hydrogen-bond donors (Lipinski definition) is 3. The number of nitrogens with one attached hydrogen (secondary N) is 1. The molecule has 1 rings (SSSR count). The normalized spacial score (nSPS) is 10.7. The summed E-state index contributed by atoms with van der Waals surface area (Å²) in [6, 6.07) is 5.36. The minimum absolute atomic E-state index is 0.134. The molecule has 1 aromatic rings. The lowest BCUT2D eigenvalue weighted by Gasteiger charge is -2.22. The van der Waals surface area contributed by atoms with Crippen LogP contribution in [0, 0.1) is 0 Å². The number of benzene rings is 1. The molecule has 0 aliphatic rings. The Kier molecular flexibility index (Phi) is 6.98. The van der Waals surface area contributed by atoms with E-state index in [2.05, 4.69) is 35.1 Å². The summed E-state index contributed by atoms with van der Waals surface area (Å²) in [7, 11) is 0. The van der Waals surface area contributed by atoms with Crippen molar-refractivity contribution in [1.82, 2.24) is 4.90 Å². The number of carbonyl (C=O) groups excluding carboxylic acids is 1. The summed E-state index contributed by atoms with van der Waals surface area (Å²) in [5.41, 5.74) is 1.77. The molecule has 1 aromatic carbocycles. The first kappa shape index (κ1) is 16.9. The lowest BCUT2D eigenvalue weighted by molar-refractivity contribution is 0.167. The molecule has 0 saturated carbocycles. The Morgan fingerprint density at radius 3 is 2.40 bits per heavy atom. The quantitative estimate of drug-likeness (QED) is 0.741. The molecule has 0 fully saturated rings. The Morgan fingerprint density at radius 2 is 1.90 bits per heavy atom. The van der Waals surface area contributed by atoms with Crippen molar-refractivity contribution in [1.29, 1.82) is 0 Å². The van der Waals surface area contributed by atoms with Crippen LogP contribution in [-0.2, 0) is 0 Å². The van der Waals surface area contributed by atoms with Gasteiger partial charge in [-0.3, -0.25) is 0 Å². The number of nitrogens with zero attached hydrogens (tertiary/aromatic N) is 1. The molecule has 0 spiro atoms. The Bertz CT molecular complexity index is 446. The van der Waals surface area contributed by atoms with Crippen LogP contribution in [0.5, 0.6) is 0 Å². The minimum atomic E-state index is -0.322. The minimum Gasteiger partial charge on any atom is -0.395 e. The number of hydrogen-bond acceptors (Lipinski definition) is 3. The predicted octanol–water partition coefficient (Wildman–Crippen LogP) is 2.39. The average molecular weight is 345 g/mol. The van der Waals surface area contributed by atoms with Gasteiger partial charge in [0.05, 0.1) is 13.2 Å². The molecular weight excluding hydrogens is 324 g/mol. The standard InChI is InChI=1S/C14H21BrN2O3/c1-10(2)12-9-11(15)3-4-13(12)16-14(20)17(5-7-18)6-8-19/h3-4,9-10,18-19H,5-8H2,1-2H3,(H,16,20). The number of amides is 2.